The summed E-state index contributed by atoms with van der Waals surface area (Å²) in [5, 5.41) is 5.08. The predicted octanol–water partition coefficient (Wildman–Crippen LogP) is 3.29. The number of H-pyrrole nitrogens is 1. The van der Waals surface area contributed by atoms with Crippen molar-refractivity contribution in [2.45, 2.75) is 45.2 Å². The number of hydrogen-bond donors (Lipinski definition) is 2. The van der Waals surface area contributed by atoms with E-state index < -0.39 is 0 Å². The average molecular weight is 325 g/mol. The first-order valence-electron chi connectivity index (χ1n) is 9.33. The van der Waals surface area contributed by atoms with Gasteiger partial charge in [0.2, 0.25) is 5.91 Å². The first-order valence-corrected chi connectivity index (χ1v) is 9.33. The molecule has 4 rings (SSSR count). The quantitative estimate of drug-likeness (QED) is 0.886. The van der Waals surface area contributed by atoms with Crippen LogP contribution in [0.4, 0.5) is 0 Å². The second-order valence-electron chi connectivity index (χ2n) is 7.36. The lowest BCUT2D eigenvalue weighted by molar-refractivity contribution is -0.134. The highest BCUT2D eigenvalue weighted by Gasteiger charge is 2.37. The van der Waals surface area contributed by atoms with E-state index in [-0.39, 0.29) is 0 Å². The van der Waals surface area contributed by atoms with Crippen molar-refractivity contribution >= 4 is 16.8 Å². The molecule has 4 nitrogen and oxygen atoms in total. The Balaban J connectivity index is 1.39. The number of aromatic nitrogens is 1. The SMILES string of the molecule is CC[C@@H]1CN(C(=O)C2CC2)CC[C@@H]1NCc1cccc2[nH]ccc12. The largest absolute Gasteiger partial charge is 0.361 e. The zero-order chi connectivity index (χ0) is 16.5. The third-order valence-electron chi connectivity index (χ3n) is 5.74. The van der Waals surface area contributed by atoms with Crippen LogP contribution in [0.1, 0.15) is 38.2 Å². The minimum absolute atomic E-state index is 0.346. The molecule has 2 atom stereocenters. The standard InChI is InChI=1S/C20H27N3O/c1-2-14-13-23(20(24)15-6-7-15)11-9-18(14)22-12-16-4-3-5-19-17(16)8-10-21-19/h3-5,8,10,14-15,18,21-22H,2,6-7,9,11-13H2,1H3/t14-,18+/m1/s1. The Hall–Kier alpha value is -1.81. The molecule has 1 aromatic carbocycles. The second kappa shape index (κ2) is 6.60. The summed E-state index contributed by atoms with van der Waals surface area (Å²) in [7, 11) is 0. The molecule has 1 saturated carbocycles. The van der Waals surface area contributed by atoms with E-state index in [4.69, 9.17) is 0 Å². The molecular formula is C20H27N3O. The summed E-state index contributed by atoms with van der Waals surface area (Å²) in [6.07, 6.45) is 6.41. The molecule has 2 aromatic rings. The molecule has 1 aliphatic carbocycles. The summed E-state index contributed by atoms with van der Waals surface area (Å²) in [6, 6.07) is 9.10. The molecule has 0 spiro atoms. The average Bonchev–Trinajstić information content (AvgIpc) is 3.36. The number of aromatic amines is 1. The number of rotatable bonds is 5. The molecule has 24 heavy (non-hydrogen) atoms. The fourth-order valence-electron chi connectivity index (χ4n) is 4.05. The van der Waals surface area contributed by atoms with Crippen LogP contribution in [-0.2, 0) is 11.3 Å². The fourth-order valence-corrected chi connectivity index (χ4v) is 4.05. The maximum atomic E-state index is 12.3. The van der Waals surface area contributed by atoms with E-state index in [9.17, 15) is 4.79 Å². The molecule has 128 valence electrons. The second-order valence-corrected chi connectivity index (χ2v) is 7.36. The van der Waals surface area contributed by atoms with Crippen LogP contribution in [0.3, 0.4) is 0 Å². The molecule has 2 N–H and O–H groups in total. The summed E-state index contributed by atoms with van der Waals surface area (Å²) in [6.45, 7) is 4.99. The van der Waals surface area contributed by atoms with E-state index in [2.05, 4.69) is 46.4 Å². The Morgan fingerprint density at radius 1 is 1.29 bits per heavy atom. The maximum Gasteiger partial charge on any atom is 0.225 e. The van der Waals surface area contributed by atoms with E-state index >= 15 is 0 Å². The fraction of sp³-hybridized carbons (Fsp3) is 0.550. The molecular weight excluding hydrogens is 298 g/mol. The molecule has 2 aliphatic rings. The molecule has 1 aliphatic heterocycles. The smallest absolute Gasteiger partial charge is 0.225 e. The number of fused-ring (bicyclic) bond motifs is 1. The Labute approximate surface area is 143 Å². The topological polar surface area (TPSA) is 48.1 Å². The van der Waals surface area contributed by atoms with Gasteiger partial charge in [-0.3, -0.25) is 4.79 Å². The zero-order valence-electron chi connectivity index (χ0n) is 14.4. The van der Waals surface area contributed by atoms with E-state index in [1.54, 1.807) is 0 Å². The number of benzene rings is 1. The molecule has 2 heterocycles. The van der Waals surface area contributed by atoms with Gasteiger partial charge in [0.05, 0.1) is 0 Å². The van der Waals surface area contributed by atoms with Crippen molar-refractivity contribution in [3.8, 4) is 0 Å². The summed E-state index contributed by atoms with van der Waals surface area (Å²) in [5.74, 6) is 1.31. The summed E-state index contributed by atoms with van der Waals surface area (Å²) in [5.41, 5.74) is 2.55. The summed E-state index contributed by atoms with van der Waals surface area (Å²) >= 11 is 0. The van der Waals surface area contributed by atoms with E-state index in [0.29, 0.717) is 23.8 Å². The lowest BCUT2D eigenvalue weighted by atomic mass is 9.89. The van der Waals surface area contributed by atoms with E-state index in [1.165, 1.54) is 16.5 Å². The lowest BCUT2D eigenvalue weighted by Crippen LogP contribution is -2.51. The summed E-state index contributed by atoms with van der Waals surface area (Å²) < 4.78 is 0. The third kappa shape index (κ3) is 3.07. The molecule has 2 fully saturated rings. The van der Waals surface area contributed by atoms with Crippen molar-refractivity contribution < 1.29 is 4.79 Å². The van der Waals surface area contributed by atoms with Gasteiger partial charge in [0.15, 0.2) is 0 Å². The van der Waals surface area contributed by atoms with Gasteiger partial charge in [0, 0.05) is 48.7 Å². The number of amides is 1. The molecule has 0 unspecified atom stereocenters. The maximum absolute atomic E-state index is 12.3. The van der Waals surface area contributed by atoms with Crippen LogP contribution in [0.2, 0.25) is 0 Å². The third-order valence-corrected chi connectivity index (χ3v) is 5.74. The van der Waals surface area contributed by atoms with Crippen LogP contribution >= 0.6 is 0 Å². The number of likely N-dealkylation sites (tertiary alicyclic amines) is 1. The van der Waals surface area contributed by atoms with Gasteiger partial charge < -0.3 is 15.2 Å². The first kappa shape index (κ1) is 15.7. The van der Waals surface area contributed by atoms with E-state index in [1.807, 2.05) is 6.20 Å². The van der Waals surface area contributed by atoms with Crippen LogP contribution in [0.5, 0.6) is 0 Å². The van der Waals surface area contributed by atoms with Crippen LogP contribution in [0.15, 0.2) is 30.5 Å². The van der Waals surface area contributed by atoms with Crippen molar-refractivity contribution in [1.29, 1.82) is 0 Å². The highest BCUT2D eigenvalue weighted by atomic mass is 16.2. The number of carbonyl (C=O) groups excluding carboxylic acids is 1. The van der Waals surface area contributed by atoms with Crippen molar-refractivity contribution in [2.24, 2.45) is 11.8 Å². The van der Waals surface area contributed by atoms with Gasteiger partial charge in [-0.05, 0) is 42.9 Å². The van der Waals surface area contributed by atoms with Gasteiger partial charge in [-0.15, -0.1) is 0 Å². The molecule has 0 radical (unpaired) electrons. The van der Waals surface area contributed by atoms with Crippen molar-refractivity contribution in [3.05, 3.63) is 36.0 Å². The van der Waals surface area contributed by atoms with Gasteiger partial charge in [-0.25, -0.2) is 0 Å². The first-order chi connectivity index (χ1) is 11.8. The van der Waals surface area contributed by atoms with Crippen LogP contribution in [0.25, 0.3) is 10.9 Å². The van der Waals surface area contributed by atoms with Crippen molar-refractivity contribution in [1.82, 2.24) is 15.2 Å². The highest BCUT2D eigenvalue weighted by molar-refractivity contribution is 5.83. The number of hydrogen-bond acceptors (Lipinski definition) is 2. The number of nitrogens with one attached hydrogen (secondary N) is 2. The minimum Gasteiger partial charge on any atom is -0.361 e. The normalized spacial score (nSPS) is 24.5. The Kier molecular flexibility index (Phi) is 4.31. The monoisotopic (exact) mass is 325 g/mol. The Morgan fingerprint density at radius 2 is 2.17 bits per heavy atom. The Morgan fingerprint density at radius 3 is 2.96 bits per heavy atom. The highest BCUT2D eigenvalue weighted by Crippen LogP contribution is 2.33. The molecule has 1 aromatic heterocycles. The molecule has 1 amide bonds. The van der Waals surface area contributed by atoms with Crippen LogP contribution in [0, 0.1) is 11.8 Å². The van der Waals surface area contributed by atoms with E-state index in [0.717, 1.165) is 45.3 Å². The molecule has 4 heteroatoms. The van der Waals surface area contributed by atoms with Crippen LogP contribution < -0.4 is 5.32 Å². The minimum atomic E-state index is 0.346. The lowest BCUT2D eigenvalue weighted by Gasteiger charge is -2.39. The van der Waals surface area contributed by atoms with Gasteiger partial charge in [0.1, 0.15) is 0 Å². The number of piperidine rings is 1. The van der Waals surface area contributed by atoms with Crippen molar-refractivity contribution in [2.75, 3.05) is 13.1 Å². The summed E-state index contributed by atoms with van der Waals surface area (Å²) in [4.78, 5) is 17.7. The number of carbonyl (C=O) groups is 1. The molecule has 0 bridgehead atoms. The van der Waals surface area contributed by atoms with Gasteiger partial charge in [-0.2, -0.15) is 0 Å². The van der Waals surface area contributed by atoms with Gasteiger partial charge in [0.25, 0.3) is 0 Å². The van der Waals surface area contributed by atoms with Gasteiger partial charge in [-0.1, -0.05) is 25.5 Å². The zero-order valence-corrected chi connectivity index (χ0v) is 14.4. The van der Waals surface area contributed by atoms with Gasteiger partial charge >= 0.3 is 0 Å². The van der Waals surface area contributed by atoms with Crippen molar-refractivity contribution in [3.63, 3.8) is 0 Å². The predicted molar refractivity (Wildman–Crippen MR) is 96.6 cm³/mol. The molecule has 1 saturated heterocycles. The Bertz CT molecular complexity index is 718. The van der Waals surface area contributed by atoms with Crippen LogP contribution in [-0.4, -0.2) is 34.9 Å². The number of nitrogens with zero attached hydrogens (tertiary/aromatic N) is 1.